The lowest BCUT2D eigenvalue weighted by atomic mass is 9.93. The zero-order chi connectivity index (χ0) is 26.6. The predicted octanol–water partition coefficient (Wildman–Crippen LogP) is 7.49. The number of carbonyl (C=O) groups is 1. The fraction of sp³-hybridized carbons (Fsp3) is 0.480. The van der Waals surface area contributed by atoms with Gasteiger partial charge < -0.3 is 5.32 Å². The van der Waals surface area contributed by atoms with Crippen LogP contribution in [0.5, 0.6) is 0 Å². The van der Waals surface area contributed by atoms with Crippen LogP contribution in [0.15, 0.2) is 35.2 Å². The number of halogens is 5. The molecule has 4 nitrogen and oxygen atoms in total. The van der Waals surface area contributed by atoms with Crippen LogP contribution >= 0.6 is 10.7 Å². The summed E-state index contributed by atoms with van der Waals surface area (Å²) in [5.74, 6) is -9.28. The zero-order valence-corrected chi connectivity index (χ0v) is 21.7. The Balaban J connectivity index is 0.000000464. The quantitative estimate of drug-likeness (QED) is 0.249. The van der Waals surface area contributed by atoms with E-state index in [1.807, 2.05) is 13.8 Å². The highest BCUT2D eigenvalue weighted by molar-refractivity contribution is 8.13. The third-order valence-electron chi connectivity index (χ3n) is 5.38. The number of rotatable bonds is 4. The van der Waals surface area contributed by atoms with E-state index in [2.05, 4.69) is 12.2 Å². The Morgan fingerprint density at radius 3 is 1.80 bits per heavy atom. The van der Waals surface area contributed by atoms with E-state index in [0.29, 0.717) is 5.56 Å². The lowest BCUT2D eigenvalue weighted by Gasteiger charge is -2.13. The van der Waals surface area contributed by atoms with Crippen molar-refractivity contribution in [1.82, 2.24) is 5.32 Å². The molecule has 0 bridgehead atoms. The molecule has 2 aromatic carbocycles. The molecular formula is C25H32ClF4NO3S. The van der Waals surface area contributed by atoms with E-state index in [-0.39, 0.29) is 6.54 Å². The molecule has 1 saturated carbocycles. The van der Waals surface area contributed by atoms with Crippen LogP contribution in [-0.2, 0) is 15.6 Å². The van der Waals surface area contributed by atoms with E-state index in [4.69, 9.17) is 10.7 Å². The molecule has 0 aliphatic heterocycles. The number of benzene rings is 2. The molecule has 1 N–H and O–H groups in total. The van der Waals surface area contributed by atoms with E-state index in [9.17, 15) is 30.8 Å². The van der Waals surface area contributed by atoms with Crippen molar-refractivity contribution in [2.24, 2.45) is 5.92 Å². The van der Waals surface area contributed by atoms with Crippen LogP contribution in [0.25, 0.3) is 0 Å². The molecule has 0 unspecified atom stereocenters. The summed E-state index contributed by atoms with van der Waals surface area (Å²) >= 11 is 0. The van der Waals surface area contributed by atoms with Gasteiger partial charge in [0.25, 0.3) is 15.0 Å². The number of hydrogen-bond acceptors (Lipinski definition) is 3. The summed E-state index contributed by atoms with van der Waals surface area (Å²) in [4.78, 5) is 9.83. The Labute approximate surface area is 209 Å². The number of hydrogen-bond donors (Lipinski definition) is 1. The first-order chi connectivity index (χ1) is 16.5. The highest BCUT2D eigenvalue weighted by atomic mass is 35.7. The first-order valence-corrected chi connectivity index (χ1v) is 14.0. The fourth-order valence-corrected chi connectivity index (χ4v) is 4.57. The highest BCUT2D eigenvalue weighted by Crippen LogP contribution is 2.29. The maximum Gasteiger partial charge on any atom is 0.267 e. The monoisotopic (exact) mass is 537 g/mol. The van der Waals surface area contributed by atoms with Gasteiger partial charge in [0.05, 0.1) is 0 Å². The maximum atomic E-state index is 13.8. The first-order valence-electron chi connectivity index (χ1n) is 11.7. The minimum atomic E-state index is -5.10. The van der Waals surface area contributed by atoms with Crippen molar-refractivity contribution in [3.8, 4) is 0 Å². The molecule has 0 saturated heterocycles. The van der Waals surface area contributed by atoms with Gasteiger partial charge in [-0.05, 0) is 11.5 Å². The first kappa shape index (κ1) is 30.9. The van der Waals surface area contributed by atoms with Crippen molar-refractivity contribution < 1.29 is 30.8 Å². The second-order valence-electron chi connectivity index (χ2n) is 8.02. The third-order valence-corrected chi connectivity index (χ3v) is 6.69. The van der Waals surface area contributed by atoms with Crippen molar-refractivity contribution in [2.45, 2.75) is 77.2 Å². The topological polar surface area (TPSA) is 63.2 Å². The Kier molecular flexibility index (Phi) is 13.3. The summed E-state index contributed by atoms with van der Waals surface area (Å²) in [5, 5.41) is 2.07. The van der Waals surface area contributed by atoms with E-state index >= 15 is 0 Å². The summed E-state index contributed by atoms with van der Waals surface area (Å²) in [6, 6.07) is 8.17. The summed E-state index contributed by atoms with van der Waals surface area (Å²) in [5.41, 5.74) is -1.02. The minimum Gasteiger partial charge on any atom is -0.348 e. The Bertz CT molecular complexity index is 1030. The summed E-state index contributed by atoms with van der Waals surface area (Å²) in [6.45, 7) is 6.22. The smallest absolute Gasteiger partial charge is 0.267 e. The molecule has 10 heteroatoms. The van der Waals surface area contributed by atoms with Gasteiger partial charge in [0.2, 0.25) is 0 Å². The second-order valence-corrected chi connectivity index (χ2v) is 10.5. The number of amides is 1. The molecule has 1 fully saturated rings. The molecular weight excluding hydrogens is 506 g/mol. The van der Waals surface area contributed by atoms with Crippen molar-refractivity contribution in [2.75, 3.05) is 0 Å². The highest BCUT2D eigenvalue weighted by Gasteiger charge is 2.34. The van der Waals surface area contributed by atoms with Crippen LogP contribution in [0.2, 0.25) is 0 Å². The van der Waals surface area contributed by atoms with Crippen LogP contribution in [0.1, 0.15) is 81.6 Å². The Morgan fingerprint density at radius 2 is 1.34 bits per heavy atom. The van der Waals surface area contributed by atoms with E-state index in [0.717, 1.165) is 5.92 Å². The molecule has 35 heavy (non-hydrogen) atoms. The minimum absolute atomic E-state index is 0.169. The molecule has 1 aliphatic carbocycles. The van der Waals surface area contributed by atoms with Gasteiger partial charge in [-0.1, -0.05) is 96.0 Å². The Morgan fingerprint density at radius 1 is 0.886 bits per heavy atom. The standard InChI is InChI=1S/C14H8ClF4NO3S.C9H18.C2H6/c15-24(22,23)13-11(18)9(16)8(10(17)12(13)19)14(21)20-6-7-4-2-1-3-5-7;1-9-7-5-3-2-4-6-8-9;1-2/h1-5H,6H2,(H,20,21);9H,2-8H2,1H3;1-2H3. The van der Waals surface area contributed by atoms with Crippen molar-refractivity contribution in [1.29, 1.82) is 0 Å². The predicted molar refractivity (Wildman–Crippen MR) is 130 cm³/mol. The van der Waals surface area contributed by atoms with Gasteiger partial charge in [0.1, 0.15) is 5.56 Å². The van der Waals surface area contributed by atoms with Gasteiger partial charge in [-0.3, -0.25) is 4.79 Å². The van der Waals surface area contributed by atoms with Crippen molar-refractivity contribution in [3.05, 3.63) is 64.7 Å². The van der Waals surface area contributed by atoms with Crippen molar-refractivity contribution in [3.63, 3.8) is 0 Å². The normalized spacial score (nSPS) is 14.4. The average molecular weight is 538 g/mol. The van der Waals surface area contributed by atoms with Gasteiger partial charge in [0, 0.05) is 17.2 Å². The summed E-state index contributed by atoms with van der Waals surface area (Å²) in [7, 11) is -0.352. The molecule has 2 aromatic rings. The summed E-state index contributed by atoms with van der Waals surface area (Å²) in [6.07, 6.45) is 10.4. The van der Waals surface area contributed by atoms with Gasteiger partial charge in [-0.2, -0.15) is 0 Å². The van der Waals surface area contributed by atoms with E-state index < -0.39 is 48.7 Å². The molecule has 1 amide bonds. The number of carbonyl (C=O) groups excluding carboxylic acids is 1. The lowest BCUT2D eigenvalue weighted by Crippen LogP contribution is -2.27. The molecule has 0 atom stereocenters. The van der Waals surface area contributed by atoms with E-state index in [1.54, 1.807) is 30.3 Å². The van der Waals surface area contributed by atoms with E-state index in [1.165, 1.54) is 44.9 Å². The van der Waals surface area contributed by atoms with Gasteiger partial charge in [0.15, 0.2) is 28.2 Å². The fourth-order valence-electron chi connectivity index (χ4n) is 3.55. The Hall–Kier alpha value is -2.13. The molecule has 0 heterocycles. The molecule has 0 radical (unpaired) electrons. The zero-order valence-electron chi connectivity index (χ0n) is 20.1. The van der Waals surface area contributed by atoms with Gasteiger partial charge in [-0.15, -0.1) is 0 Å². The average Bonchev–Trinajstić information content (AvgIpc) is 2.81. The summed E-state index contributed by atoms with van der Waals surface area (Å²) < 4.78 is 77.1. The third kappa shape index (κ3) is 9.44. The van der Waals surface area contributed by atoms with Crippen LogP contribution in [0, 0.1) is 29.2 Å². The van der Waals surface area contributed by atoms with Gasteiger partial charge in [-0.25, -0.2) is 26.0 Å². The SMILES string of the molecule is CC.CC1CCCCCCC1.O=C(NCc1ccccc1)c1c(F)c(F)c(S(=O)(=O)Cl)c(F)c1F. The van der Waals surface area contributed by atoms with Gasteiger partial charge >= 0.3 is 0 Å². The molecule has 1 aliphatic rings. The maximum absolute atomic E-state index is 13.8. The molecule has 0 aromatic heterocycles. The molecule has 0 spiro atoms. The lowest BCUT2D eigenvalue weighted by molar-refractivity contribution is 0.0939. The van der Waals surface area contributed by atoms with Crippen LogP contribution in [0.3, 0.4) is 0 Å². The molecule has 3 rings (SSSR count). The number of nitrogens with one attached hydrogen (secondary N) is 1. The second kappa shape index (κ2) is 15.1. The van der Waals surface area contributed by atoms with Crippen LogP contribution in [0.4, 0.5) is 17.6 Å². The molecule has 196 valence electrons. The van der Waals surface area contributed by atoms with Crippen molar-refractivity contribution >= 4 is 25.6 Å². The van der Waals surface area contributed by atoms with Crippen LogP contribution in [-0.4, -0.2) is 14.3 Å². The largest absolute Gasteiger partial charge is 0.348 e. The van der Waals surface area contributed by atoms with Crippen LogP contribution < -0.4 is 5.32 Å².